The summed E-state index contributed by atoms with van der Waals surface area (Å²) in [7, 11) is 0. The van der Waals surface area contributed by atoms with Crippen molar-refractivity contribution in [3.05, 3.63) is 30.1 Å². The fourth-order valence-electron chi connectivity index (χ4n) is 1.52. The summed E-state index contributed by atoms with van der Waals surface area (Å²) in [5.41, 5.74) is 0. The number of aliphatic hydroxyl groups is 1. The van der Waals surface area contributed by atoms with Crippen LogP contribution in [0.2, 0.25) is 0 Å². The Labute approximate surface area is 118 Å². The van der Waals surface area contributed by atoms with Gasteiger partial charge in [-0.3, -0.25) is 0 Å². The van der Waals surface area contributed by atoms with E-state index in [1.165, 1.54) is 12.1 Å². The van der Waals surface area contributed by atoms with E-state index in [1.54, 1.807) is 12.1 Å². The van der Waals surface area contributed by atoms with Crippen LogP contribution >= 0.6 is 11.8 Å². The first-order valence-electron chi connectivity index (χ1n) is 6.40. The molecule has 0 aliphatic carbocycles. The molecule has 0 saturated carbocycles. The first kappa shape index (κ1) is 16.3. The predicted octanol–water partition coefficient (Wildman–Crippen LogP) is 2.30. The molecule has 1 rings (SSSR count). The minimum Gasteiger partial charge on any atom is -0.491 e. The van der Waals surface area contributed by atoms with E-state index < -0.39 is 6.10 Å². The summed E-state index contributed by atoms with van der Waals surface area (Å²) in [5, 5.41) is 13.0. The molecule has 0 fully saturated rings. The molecule has 0 aliphatic heterocycles. The quantitative estimate of drug-likeness (QED) is 0.731. The first-order valence-corrected chi connectivity index (χ1v) is 7.80. The van der Waals surface area contributed by atoms with Gasteiger partial charge in [0.1, 0.15) is 24.3 Å². The second-order valence-corrected chi connectivity index (χ2v) is 5.50. The molecule has 0 saturated heterocycles. The van der Waals surface area contributed by atoms with Crippen molar-refractivity contribution in [1.29, 1.82) is 0 Å². The van der Waals surface area contributed by atoms with Crippen LogP contribution in [0.3, 0.4) is 0 Å². The maximum absolute atomic E-state index is 12.7. The number of benzene rings is 1. The number of aliphatic hydroxyl groups excluding tert-OH is 1. The Bertz CT molecular complexity index is 348. The Balaban J connectivity index is 2.17. The monoisotopic (exact) mass is 287 g/mol. The van der Waals surface area contributed by atoms with Gasteiger partial charge in [-0.2, -0.15) is 11.8 Å². The second-order valence-electron chi connectivity index (χ2n) is 4.51. The molecule has 3 nitrogen and oxygen atoms in total. The van der Waals surface area contributed by atoms with Gasteiger partial charge in [0, 0.05) is 12.6 Å². The molecule has 0 radical (unpaired) electrons. The van der Waals surface area contributed by atoms with Gasteiger partial charge in [0.2, 0.25) is 0 Å². The zero-order valence-electron chi connectivity index (χ0n) is 11.4. The third-order valence-electron chi connectivity index (χ3n) is 2.71. The van der Waals surface area contributed by atoms with Crippen LogP contribution in [0.4, 0.5) is 4.39 Å². The molecule has 0 bridgehead atoms. The van der Waals surface area contributed by atoms with Crippen LogP contribution in [0.25, 0.3) is 0 Å². The maximum atomic E-state index is 12.7. The van der Waals surface area contributed by atoms with E-state index in [0.29, 0.717) is 18.3 Å². The fourth-order valence-corrected chi connectivity index (χ4v) is 2.11. The Morgan fingerprint density at radius 3 is 2.68 bits per heavy atom. The van der Waals surface area contributed by atoms with Crippen LogP contribution in [0.1, 0.15) is 13.3 Å². The molecule has 19 heavy (non-hydrogen) atoms. The highest BCUT2D eigenvalue weighted by molar-refractivity contribution is 7.98. The molecule has 2 N–H and O–H groups in total. The van der Waals surface area contributed by atoms with Gasteiger partial charge in [-0.25, -0.2) is 4.39 Å². The van der Waals surface area contributed by atoms with Gasteiger partial charge in [0.05, 0.1) is 0 Å². The van der Waals surface area contributed by atoms with Crippen LogP contribution in [0.15, 0.2) is 24.3 Å². The molecular weight excluding hydrogens is 265 g/mol. The molecule has 5 heteroatoms. The summed E-state index contributed by atoms with van der Waals surface area (Å²) in [6, 6.07) is 6.16. The normalized spacial score (nSPS) is 14.1. The van der Waals surface area contributed by atoms with Crippen molar-refractivity contribution in [1.82, 2.24) is 5.32 Å². The standard InChI is InChI=1S/C14H22FNO2S/c1-11(7-8-19-2)16-9-13(17)10-18-14-5-3-12(15)4-6-14/h3-6,11,13,16-17H,7-10H2,1-2H3. The van der Waals surface area contributed by atoms with Gasteiger partial charge in [0.25, 0.3) is 0 Å². The Kier molecular flexibility index (Phi) is 7.86. The largest absolute Gasteiger partial charge is 0.491 e. The van der Waals surface area contributed by atoms with E-state index in [0.717, 1.165) is 12.2 Å². The van der Waals surface area contributed by atoms with E-state index >= 15 is 0 Å². The molecule has 0 heterocycles. The second kappa shape index (κ2) is 9.18. The topological polar surface area (TPSA) is 41.5 Å². The first-order chi connectivity index (χ1) is 9.11. The number of hydrogen-bond donors (Lipinski definition) is 2. The van der Waals surface area contributed by atoms with E-state index in [4.69, 9.17) is 4.74 Å². The molecular formula is C14H22FNO2S. The van der Waals surface area contributed by atoms with Gasteiger partial charge in [-0.05, 0) is 49.6 Å². The number of hydrogen-bond acceptors (Lipinski definition) is 4. The average Bonchev–Trinajstić information content (AvgIpc) is 2.42. The number of halogens is 1. The highest BCUT2D eigenvalue weighted by Crippen LogP contribution is 2.11. The van der Waals surface area contributed by atoms with Crippen molar-refractivity contribution in [2.45, 2.75) is 25.5 Å². The van der Waals surface area contributed by atoms with Crippen LogP contribution in [0.5, 0.6) is 5.75 Å². The van der Waals surface area contributed by atoms with Gasteiger partial charge in [-0.15, -0.1) is 0 Å². The van der Waals surface area contributed by atoms with Crippen molar-refractivity contribution in [2.75, 3.05) is 25.2 Å². The SMILES string of the molecule is CSCCC(C)NCC(O)COc1ccc(F)cc1. The lowest BCUT2D eigenvalue weighted by Gasteiger charge is -2.17. The number of nitrogens with one attached hydrogen (secondary N) is 1. The molecule has 1 aromatic carbocycles. The molecule has 2 unspecified atom stereocenters. The van der Waals surface area contributed by atoms with E-state index in [9.17, 15) is 9.50 Å². The number of thioether (sulfide) groups is 1. The van der Waals surface area contributed by atoms with Crippen LogP contribution in [-0.2, 0) is 0 Å². The Morgan fingerprint density at radius 2 is 2.05 bits per heavy atom. The Hall–Kier alpha value is -0.780. The highest BCUT2D eigenvalue weighted by atomic mass is 32.2. The smallest absolute Gasteiger partial charge is 0.123 e. The number of ether oxygens (including phenoxy) is 1. The summed E-state index contributed by atoms with van der Waals surface area (Å²) >= 11 is 1.82. The minimum absolute atomic E-state index is 0.202. The zero-order chi connectivity index (χ0) is 14.1. The van der Waals surface area contributed by atoms with Crippen LogP contribution in [-0.4, -0.2) is 42.4 Å². The summed E-state index contributed by atoms with van der Waals surface area (Å²) in [6.07, 6.45) is 2.59. The average molecular weight is 287 g/mol. The van der Waals surface area contributed by atoms with Crippen LogP contribution < -0.4 is 10.1 Å². The molecule has 0 spiro atoms. The van der Waals surface area contributed by atoms with E-state index in [1.807, 2.05) is 11.8 Å². The molecule has 108 valence electrons. The van der Waals surface area contributed by atoms with Crippen molar-refractivity contribution >= 4 is 11.8 Å². The summed E-state index contributed by atoms with van der Waals surface area (Å²) < 4.78 is 18.1. The van der Waals surface area contributed by atoms with Gasteiger partial charge in [0.15, 0.2) is 0 Å². The summed E-state index contributed by atoms with van der Waals surface area (Å²) in [5.74, 6) is 1.38. The van der Waals surface area contributed by atoms with Crippen LogP contribution in [0, 0.1) is 5.82 Å². The van der Waals surface area contributed by atoms with Gasteiger partial charge in [-0.1, -0.05) is 0 Å². The number of rotatable bonds is 9. The predicted molar refractivity (Wildman–Crippen MR) is 78.4 cm³/mol. The molecule has 1 aromatic rings. The highest BCUT2D eigenvalue weighted by Gasteiger charge is 2.08. The minimum atomic E-state index is -0.568. The molecule has 0 amide bonds. The van der Waals surface area contributed by atoms with E-state index in [-0.39, 0.29) is 12.4 Å². The lowest BCUT2D eigenvalue weighted by molar-refractivity contribution is 0.104. The van der Waals surface area contributed by atoms with Crippen molar-refractivity contribution < 1.29 is 14.2 Å². The third kappa shape index (κ3) is 7.40. The maximum Gasteiger partial charge on any atom is 0.123 e. The Morgan fingerprint density at radius 1 is 1.37 bits per heavy atom. The fraction of sp³-hybridized carbons (Fsp3) is 0.571. The molecule has 2 atom stereocenters. The van der Waals surface area contributed by atoms with Crippen molar-refractivity contribution in [2.24, 2.45) is 0 Å². The van der Waals surface area contributed by atoms with Gasteiger partial charge < -0.3 is 15.2 Å². The van der Waals surface area contributed by atoms with Crippen molar-refractivity contribution in [3.63, 3.8) is 0 Å². The van der Waals surface area contributed by atoms with E-state index in [2.05, 4.69) is 18.5 Å². The lowest BCUT2D eigenvalue weighted by Crippen LogP contribution is -2.36. The van der Waals surface area contributed by atoms with Gasteiger partial charge >= 0.3 is 0 Å². The third-order valence-corrected chi connectivity index (χ3v) is 3.36. The van der Waals surface area contributed by atoms with Crippen molar-refractivity contribution in [3.8, 4) is 5.75 Å². The summed E-state index contributed by atoms with van der Waals surface area (Å²) in [4.78, 5) is 0. The summed E-state index contributed by atoms with van der Waals surface area (Å²) in [6.45, 7) is 2.80. The lowest BCUT2D eigenvalue weighted by atomic mass is 10.2. The molecule has 0 aromatic heterocycles. The zero-order valence-corrected chi connectivity index (χ0v) is 12.3. The molecule has 0 aliphatic rings.